The van der Waals surface area contributed by atoms with E-state index in [0.717, 1.165) is 15.6 Å². The van der Waals surface area contributed by atoms with E-state index in [1.807, 2.05) is 20.0 Å². The smallest absolute Gasteiger partial charge is 0.272 e. The molecule has 0 saturated heterocycles. The Morgan fingerprint density at radius 1 is 1.42 bits per heavy atom. The summed E-state index contributed by atoms with van der Waals surface area (Å²) in [6.45, 7) is 1.89. The molecule has 3 N–H and O–H groups in total. The summed E-state index contributed by atoms with van der Waals surface area (Å²) < 4.78 is 1.73. The highest BCUT2D eigenvalue weighted by atomic mass is 32.2. The van der Waals surface area contributed by atoms with Crippen LogP contribution in [0.15, 0.2) is 34.2 Å². The molecule has 0 spiro atoms. The lowest BCUT2D eigenvalue weighted by molar-refractivity contribution is -0.385. The average molecular weight is 279 g/mol. The molecule has 0 aliphatic heterocycles. The van der Waals surface area contributed by atoms with Gasteiger partial charge in [-0.1, -0.05) is 11.8 Å². The number of hydrazine groups is 1. The van der Waals surface area contributed by atoms with Gasteiger partial charge in [0, 0.05) is 24.1 Å². The summed E-state index contributed by atoms with van der Waals surface area (Å²) in [5.41, 5.74) is 3.82. The van der Waals surface area contributed by atoms with E-state index in [4.69, 9.17) is 5.84 Å². The molecule has 8 heteroatoms. The number of aromatic nitrogens is 2. The molecule has 0 atom stereocenters. The maximum absolute atomic E-state index is 10.9. The maximum Gasteiger partial charge on any atom is 0.272 e. The summed E-state index contributed by atoms with van der Waals surface area (Å²) in [5, 5.41) is 16.0. The SMILES string of the molecule is Cc1cc(Sc2cc(NN)cc([N+](=O)[O-])c2)n(C)n1. The minimum atomic E-state index is -0.445. The largest absolute Gasteiger partial charge is 0.324 e. The molecule has 0 aliphatic carbocycles. The van der Waals surface area contributed by atoms with E-state index in [9.17, 15) is 10.1 Å². The maximum atomic E-state index is 10.9. The van der Waals surface area contributed by atoms with Gasteiger partial charge < -0.3 is 5.43 Å². The van der Waals surface area contributed by atoms with E-state index in [2.05, 4.69) is 10.5 Å². The fraction of sp³-hybridized carbons (Fsp3) is 0.182. The number of nitrogen functional groups attached to an aromatic ring is 1. The summed E-state index contributed by atoms with van der Waals surface area (Å²) in [6.07, 6.45) is 0. The van der Waals surface area contributed by atoms with E-state index in [-0.39, 0.29) is 5.69 Å². The fourth-order valence-corrected chi connectivity index (χ4v) is 2.64. The van der Waals surface area contributed by atoms with Crippen LogP contribution in [0.3, 0.4) is 0 Å². The molecule has 7 nitrogen and oxygen atoms in total. The molecule has 1 heterocycles. The Balaban J connectivity index is 2.36. The summed E-state index contributed by atoms with van der Waals surface area (Å²) in [6, 6.07) is 6.56. The Morgan fingerprint density at radius 3 is 2.68 bits per heavy atom. The molecule has 0 aliphatic rings. The topological polar surface area (TPSA) is 99.0 Å². The van der Waals surface area contributed by atoms with Crippen molar-refractivity contribution in [3.8, 4) is 0 Å². The van der Waals surface area contributed by atoms with Crippen molar-refractivity contribution in [1.29, 1.82) is 0 Å². The lowest BCUT2D eigenvalue weighted by Gasteiger charge is -2.05. The van der Waals surface area contributed by atoms with Crippen molar-refractivity contribution >= 4 is 23.1 Å². The third kappa shape index (κ3) is 3.04. The average Bonchev–Trinajstić information content (AvgIpc) is 2.67. The first-order valence-electron chi connectivity index (χ1n) is 5.44. The predicted octanol–water partition coefficient (Wildman–Crippen LogP) is 2.07. The van der Waals surface area contributed by atoms with Crippen LogP contribution in [0.5, 0.6) is 0 Å². The van der Waals surface area contributed by atoms with Gasteiger partial charge in [-0.2, -0.15) is 5.10 Å². The van der Waals surface area contributed by atoms with Crippen molar-refractivity contribution in [1.82, 2.24) is 9.78 Å². The van der Waals surface area contributed by atoms with Gasteiger partial charge in [0.1, 0.15) is 0 Å². The van der Waals surface area contributed by atoms with Crippen LogP contribution < -0.4 is 11.3 Å². The second-order valence-corrected chi connectivity index (χ2v) is 5.06. The van der Waals surface area contributed by atoms with E-state index >= 15 is 0 Å². The van der Waals surface area contributed by atoms with Gasteiger partial charge in [0.05, 0.1) is 21.3 Å². The zero-order valence-electron chi connectivity index (χ0n) is 10.5. The van der Waals surface area contributed by atoms with Gasteiger partial charge in [-0.05, 0) is 19.1 Å². The van der Waals surface area contributed by atoms with E-state index < -0.39 is 4.92 Å². The van der Waals surface area contributed by atoms with Crippen molar-refractivity contribution < 1.29 is 4.92 Å². The number of anilines is 1. The van der Waals surface area contributed by atoms with Crippen LogP contribution in [0.25, 0.3) is 0 Å². The molecule has 2 aromatic rings. The monoisotopic (exact) mass is 279 g/mol. The first kappa shape index (κ1) is 13.4. The minimum absolute atomic E-state index is 0.00293. The molecule has 100 valence electrons. The van der Waals surface area contributed by atoms with Gasteiger partial charge in [0.15, 0.2) is 0 Å². The molecule has 0 radical (unpaired) electrons. The standard InChI is InChI=1S/C11H13N5O2S/c1-7-3-11(15(2)14-7)19-10-5-8(13-12)4-9(6-10)16(17)18/h3-6,13H,12H2,1-2H3. The molecule has 0 fully saturated rings. The zero-order chi connectivity index (χ0) is 14.0. The van der Waals surface area contributed by atoms with Gasteiger partial charge >= 0.3 is 0 Å². The Bertz CT molecular complexity index is 626. The Labute approximate surface area is 113 Å². The highest BCUT2D eigenvalue weighted by Crippen LogP contribution is 2.32. The Kier molecular flexibility index (Phi) is 3.72. The number of nitro benzene ring substituents is 1. The number of aryl methyl sites for hydroxylation is 2. The van der Waals surface area contributed by atoms with Crippen LogP contribution in [0.4, 0.5) is 11.4 Å². The number of rotatable bonds is 4. The number of hydrogen-bond acceptors (Lipinski definition) is 6. The number of nitrogens with zero attached hydrogens (tertiary/aromatic N) is 3. The van der Waals surface area contributed by atoms with E-state index in [1.54, 1.807) is 10.7 Å². The third-order valence-electron chi connectivity index (χ3n) is 2.45. The number of nitrogens with one attached hydrogen (secondary N) is 1. The highest BCUT2D eigenvalue weighted by Gasteiger charge is 2.12. The van der Waals surface area contributed by atoms with Crippen molar-refractivity contribution in [3.05, 3.63) is 40.1 Å². The molecule has 1 aromatic carbocycles. The molecule has 19 heavy (non-hydrogen) atoms. The lowest BCUT2D eigenvalue weighted by Crippen LogP contribution is -2.07. The molecule has 0 unspecified atom stereocenters. The predicted molar refractivity (Wildman–Crippen MR) is 73.0 cm³/mol. The first-order valence-corrected chi connectivity index (χ1v) is 6.26. The van der Waals surface area contributed by atoms with Crippen molar-refractivity contribution in [2.24, 2.45) is 12.9 Å². The Morgan fingerprint density at radius 2 is 2.16 bits per heavy atom. The van der Waals surface area contributed by atoms with Crippen LogP contribution in [-0.4, -0.2) is 14.7 Å². The lowest BCUT2D eigenvalue weighted by atomic mass is 10.3. The summed E-state index contributed by atoms with van der Waals surface area (Å²) in [5.74, 6) is 5.32. The fourth-order valence-electron chi connectivity index (χ4n) is 1.63. The number of non-ortho nitro benzene ring substituents is 1. The zero-order valence-corrected chi connectivity index (χ0v) is 11.3. The van der Waals surface area contributed by atoms with Gasteiger partial charge in [0.25, 0.3) is 5.69 Å². The summed E-state index contributed by atoms with van der Waals surface area (Å²) in [4.78, 5) is 11.1. The number of nitro groups is 1. The normalized spacial score (nSPS) is 10.5. The second kappa shape index (κ2) is 5.29. The van der Waals surface area contributed by atoms with Gasteiger partial charge in [-0.3, -0.25) is 20.6 Å². The van der Waals surface area contributed by atoms with Gasteiger partial charge in [-0.15, -0.1) is 0 Å². The molecular formula is C11H13N5O2S. The van der Waals surface area contributed by atoms with Crippen LogP contribution >= 0.6 is 11.8 Å². The van der Waals surface area contributed by atoms with Crippen LogP contribution in [0.2, 0.25) is 0 Å². The summed E-state index contributed by atoms with van der Waals surface area (Å²) in [7, 11) is 1.83. The second-order valence-electron chi connectivity index (χ2n) is 3.97. The van der Waals surface area contributed by atoms with Crippen molar-refractivity contribution in [2.75, 3.05) is 5.43 Å². The highest BCUT2D eigenvalue weighted by molar-refractivity contribution is 7.99. The van der Waals surface area contributed by atoms with Crippen LogP contribution in [0.1, 0.15) is 5.69 Å². The minimum Gasteiger partial charge on any atom is -0.324 e. The van der Waals surface area contributed by atoms with Gasteiger partial charge in [0.2, 0.25) is 0 Å². The van der Waals surface area contributed by atoms with Gasteiger partial charge in [-0.25, -0.2) is 0 Å². The summed E-state index contributed by atoms with van der Waals surface area (Å²) >= 11 is 1.40. The van der Waals surface area contributed by atoms with E-state index in [1.165, 1.54) is 23.9 Å². The van der Waals surface area contributed by atoms with Crippen molar-refractivity contribution in [2.45, 2.75) is 16.8 Å². The number of benzene rings is 1. The molecule has 0 amide bonds. The third-order valence-corrected chi connectivity index (χ3v) is 3.51. The number of hydrogen-bond donors (Lipinski definition) is 2. The molecule has 1 aromatic heterocycles. The number of nitrogens with two attached hydrogens (primary N) is 1. The molecular weight excluding hydrogens is 266 g/mol. The van der Waals surface area contributed by atoms with Crippen LogP contribution in [0, 0.1) is 17.0 Å². The quantitative estimate of drug-likeness (QED) is 0.505. The Hall–Kier alpha value is -2.06. The first-order chi connectivity index (χ1) is 8.99. The molecule has 0 saturated carbocycles. The molecule has 2 rings (SSSR count). The van der Waals surface area contributed by atoms with E-state index in [0.29, 0.717) is 5.69 Å². The van der Waals surface area contributed by atoms with Crippen molar-refractivity contribution in [3.63, 3.8) is 0 Å². The van der Waals surface area contributed by atoms with Crippen LogP contribution in [-0.2, 0) is 7.05 Å². The molecule has 0 bridgehead atoms.